The number of anilines is 1. The highest BCUT2D eigenvalue weighted by atomic mass is 79.9. The molecule has 0 aliphatic carbocycles. The van der Waals surface area contributed by atoms with E-state index < -0.39 is 54.1 Å². The van der Waals surface area contributed by atoms with Crippen LogP contribution in [0.1, 0.15) is 61.9 Å². The van der Waals surface area contributed by atoms with Crippen LogP contribution >= 0.6 is 15.9 Å². The molecule has 5 nitrogen and oxygen atoms in total. The van der Waals surface area contributed by atoms with E-state index in [0.29, 0.717) is 34.3 Å². The number of nitrogens with zero attached hydrogens (tertiary/aromatic N) is 2. The molecule has 1 heterocycles. The molecular formula is C25H25BrF6N2O3. The van der Waals surface area contributed by atoms with Gasteiger partial charge in [-0.2, -0.15) is 26.3 Å². The van der Waals surface area contributed by atoms with E-state index in [0.717, 1.165) is 0 Å². The van der Waals surface area contributed by atoms with Gasteiger partial charge >= 0.3 is 18.4 Å². The molecule has 0 bridgehead atoms. The summed E-state index contributed by atoms with van der Waals surface area (Å²) in [5, 5.41) is 10.0. The van der Waals surface area contributed by atoms with Crippen molar-refractivity contribution in [2.75, 3.05) is 4.90 Å². The molecule has 37 heavy (non-hydrogen) atoms. The van der Waals surface area contributed by atoms with Gasteiger partial charge in [0.05, 0.1) is 22.9 Å². The molecule has 12 heteroatoms. The zero-order chi connectivity index (χ0) is 27.9. The van der Waals surface area contributed by atoms with E-state index in [1.807, 2.05) is 13.8 Å². The number of amides is 2. The lowest BCUT2D eigenvalue weighted by molar-refractivity contribution is -0.143. The summed E-state index contributed by atoms with van der Waals surface area (Å²) < 4.78 is 81.0. The molecule has 2 atom stereocenters. The lowest BCUT2D eigenvalue weighted by atomic mass is 9.95. The molecule has 1 aliphatic rings. The van der Waals surface area contributed by atoms with E-state index in [4.69, 9.17) is 0 Å². The number of hydrogen-bond acceptors (Lipinski definition) is 2. The van der Waals surface area contributed by atoms with Crippen molar-refractivity contribution in [3.63, 3.8) is 0 Å². The second-order valence-corrected chi connectivity index (χ2v) is 10.2. The summed E-state index contributed by atoms with van der Waals surface area (Å²) in [6.45, 7) is 4.35. The number of rotatable bonds is 4. The van der Waals surface area contributed by atoms with Crippen molar-refractivity contribution in [2.24, 2.45) is 5.92 Å². The van der Waals surface area contributed by atoms with Crippen LogP contribution in [0.25, 0.3) is 0 Å². The fourth-order valence-electron chi connectivity index (χ4n) is 4.75. The third-order valence-electron chi connectivity index (χ3n) is 6.43. The van der Waals surface area contributed by atoms with E-state index >= 15 is 0 Å². The molecule has 0 radical (unpaired) electrons. The van der Waals surface area contributed by atoms with Crippen molar-refractivity contribution in [1.82, 2.24) is 4.90 Å². The number of carbonyl (C=O) groups excluding carboxylic acids is 1. The van der Waals surface area contributed by atoms with Gasteiger partial charge in [-0.15, -0.1) is 0 Å². The van der Waals surface area contributed by atoms with Crippen molar-refractivity contribution in [2.45, 2.75) is 64.6 Å². The maximum Gasteiger partial charge on any atom is 0.416 e. The standard InChI is InChI=1S/C25H25BrF6N2O3/c1-13(2)20-6-7-21(19-11-18(26)4-5-22(19)34(20)23(36)37)33(14(3)35)12-15-8-16(24(27,28)29)10-17(9-15)25(30,31)32/h4-5,8-11,13,20-21H,6-7,12H2,1-3H3,(H,36,37). The average Bonchev–Trinajstić information content (AvgIpc) is 2.92. The molecular weight excluding hydrogens is 570 g/mol. The minimum Gasteiger partial charge on any atom is -0.465 e. The van der Waals surface area contributed by atoms with Crippen molar-refractivity contribution < 1.29 is 41.0 Å². The Morgan fingerprint density at radius 3 is 2.05 bits per heavy atom. The summed E-state index contributed by atoms with van der Waals surface area (Å²) in [4.78, 5) is 27.5. The number of fused-ring (bicyclic) bond motifs is 1. The van der Waals surface area contributed by atoms with Gasteiger partial charge in [-0.25, -0.2) is 4.79 Å². The predicted octanol–water partition coefficient (Wildman–Crippen LogP) is 7.88. The summed E-state index contributed by atoms with van der Waals surface area (Å²) in [6.07, 6.45) is -10.7. The Morgan fingerprint density at radius 1 is 1.03 bits per heavy atom. The number of hydrogen-bond donors (Lipinski definition) is 1. The van der Waals surface area contributed by atoms with Gasteiger partial charge < -0.3 is 10.0 Å². The Labute approximate surface area is 218 Å². The van der Waals surface area contributed by atoms with Gasteiger partial charge in [-0.05, 0) is 66.3 Å². The van der Waals surface area contributed by atoms with Gasteiger partial charge in [0, 0.05) is 24.0 Å². The van der Waals surface area contributed by atoms with Crippen LogP contribution in [0.15, 0.2) is 40.9 Å². The first kappa shape index (κ1) is 28.8. The maximum absolute atomic E-state index is 13.4. The summed E-state index contributed by atoms with van der Waals surface area (Å²) in [5.74, 6) is -0.679. The monoisotopic (exact) mass is 594 g/mol. The minimum absolute atomic E-state index is 0.0393. The molecule has 2 unspecified atom stereocenters. The Bertz CT molecular complexity index is 1150. The van der Waals surface area contributed by atoms with Crippen LogP contribution in [-0.2, 0) is 23.7 Å². The van der Waals surface area contributed by atoms with Crippen LogP contribution in [0.4, 0.5) is 36.8 Å². The molecule has 3 rings (SSSR count). The van der Waals surface area contributed by atoms with E-state index in [2.05, 4.69) is 15.9 Å². The van der Waals surface area contributed by atoms with Gasteiger partial charge in [0.2, 0.25) is 5.91 Å². The highest BCUT2D eigenvalue weighted by molar-refractivity contribution is 9.10. The maximum atomic E-state index is 13.4. The molecule has 0 saturated heterocycles. The summed E-state index contributed by atoms with van der Waals surface area (Å²) in [5.41, 5.74) is -2.54. The van der Waals surface area contributed by atoms with Gasteiger partial charge in [0.15, 0.2) is 0 Å². The topological polar surface area (TPSA) is 60.9 Å². The molecule has 0 fully saturated rings. The summed E-state index contributed by atoms with van der Waals surface area (Å²) in [7, 11) is 0. The van der Waals surface area contributed by atoms with Gasteiger partial charge in [-0.1, -0.05) is 29.8 Å². The number of carbonyl (C=O) groups is 2. The Kier molecular flexibility index (Phi) is 8.21. The molecule has 1 N–H and O–H groups in total. The quantitative estimate of drug-likeness (QED) is 0.366. The molecule has 0 saturated carbocycles. The number of benzene rings is 2. The lowest BCUT2D eigenvalue weighted by Gasteiger charge is -2.33. The fraction of sp³-hybridized carbons (Fsp3) is 0.440. The second kappa shape index (κ2) is 10.5. The van der Waals surface area contributed by atoms with Gasteiger partial charge in [0.1, 0.15) is 0 Å². The Hall–Kier alpha value is -2.76. The van der Waals surface area contributed by atoms with Crippen LogP contribution in [0.5, 0.6) is 0 Å². The molecule has 0 spiro atoms. The average molecular weight is 595 g/mol. The SMILES string of the molecule is CC(=O)N(Cc1cc(C(F)(F)F)cc(C(F)(F)F)c1)C1CCC(C(C)C)N(C(=O)O)c2ccc(Br)cc21. The zero-order valence-corrected chi connectivity index (χ0v) is 21.7. The van der Waals surface area contributed by atoms with Crippen molar-refractivity contribution in [3.8, 4) is 0 Å². The highest BCUT2D eigenvalue weighted by Crippen LogP contribution is 2.43. The zero-order valence-electron chi connectivity index (χ0n) is 20.1. The number of carboxylic acid groups (broad SMARTS) is 1. The van der Waals surface area contributed by atoms with Crippen LogP contribution in [0.2, 0.25) is 0 Å². The molecule has 202 valence electrons. The van der Waals surface area contributed by atoms with E-state index in [1.54, 1.807) is 18.2 Å². The van der Waals surface area contributed by atoms with Crippen molar-refractivity contribution >= 4 is 33.6 Å². The van der Waals surface area contributed by atoms with Crippen LogP contribution in [0, 0.1) is 5.92 Å². The third kappa shape index (κ3) is 6.39. The van der Waals surface area contributed by atoms with Gasteiger partial charge in [-0.3, -0.25) is 9.69 Å². The lowest BCUT2D eigenvalue weighted by Crippen LogP contribution is -2.42. The molecule has 2 amide bonds. The van der Waals surface area contributed by atoms with Crippen LogP contribution in [-0.4, -0.2) is 28.0 Å². The largest absolute Gasteiger partial charge is 0.465 e. The Balaban J connectivity index is 2.15. The Morgan fingerprint density at radius 2 is 1.59 bits per heavy atom. The summed E-state index contributed by atoms with van der Waals surface area (Å²) >= 11 is 3.34. The fourth-order valence-corrected chi connectivity index (χ4v) is 5.13. The smallest absolute Gasteiger partial charge is 0.416 e. The van der Waals surface area contributed by atoms with Crippen molar-refractivity contribution in [1.29, 1.82) is 0 Å². The number of halogens is 7. The normalized spacial score (nSPS) is 18.4. The predicted molar refractivity (Wildman–Crippen MR) is 128 cm³/mol. The second-order valence-electron chi connectivity index (χ2n) is 9.32. The van der Waals surface area contributed by atoms with Crippen LogP contribution in [0.3, 0.4) is 0 Å². The number of alkyl halides is 6. The molecule has 0 aromatic heterocycles. The highest BCUT2D eigenvalue weighted by Gasteiger charge is 2.39. The summed E-state index contributed by atoms with van der Waals surface area (Å²) in [6, 6.07) is 4.83. The van der Waals surface area contributed by atoms with E-state index in [-0.39, 0.29) is 24.0 Å². The molecule has 1 aliphatic heterocycles. The third-order valence-corrected chi connectivity index (χ3v) is 6.93. The van der Waals surface area contributed by atoms with E-state index in [1.165, 1.54) is 16.7 Å². The van der Waals surface area contributed by atoms with E-state index in [9.17, 15) is 41.0 Å². The first-order chi connectivity index (χ1) is 17.0. The van der Waals surface area contributed by atoms with Crippen molar-refractivity contribution in [3.05, 3.63) is 63.1 Å². The molecule has 2 aromatic carbocycles. The first-order valence-electron chi connectivity index (χ1n) is 11.4. The van der Waals surface area contributed by atoms with Crippen LogP contribution < -0.4 is 4.90 Å². The van der Waals surface area contributed by atoms with Gasteiger partial charge in [0.25, 0.3) is 0 Å². The first-order valence-corrected chi connectivity index (χ1v) is 12.2. The molecule has 2 aromatic rings. The minimum atomic E-state index is -5.02.